The second-order valence-corrected chi connectivity index (χ2v) is 8.22. The molecule has 1 aromatic rings. The zero-order valence-corrected chi connectivity index (χ0v) is 17.8. The van der Waals surface area contributed by atoms with Gasteiger partial charge in [-0.05, 0) is 56.4 Å². The summed E-state index contributed by atoms with van der Waals surface area (Å²) in [5.74, 6) is 2.39. The highest BCUT2D eigenvalue weighted by Crippen LogP contribution is 2.18. The number of benzene rings is 1. The van der Waals surface area contributed by atoms with Crippen LogP contribution in [0.3, 0.4) is 0 Å². The molecule has 3 rings (SSSR count). The summed E-state index contributed by atoms with van der Waals surface area (Å²) < 4.78 is 11.4. The molecule has 0 spiro atoms. The average Bonchev–Trinajstić information content (AvgIpc) is 3.21. The monoisotopic (exact) mass is 408 g/mol. The van der Waals surface area contributed by atoms with Crippen molar-refractivity contribution in [3.05, 3.63) is 29.3 Å². The summed E-state index contributed by atoms with van der Waals surface area (Å²) in [7, 11) is 1.81. The van der Waals surface area contributed by atoms with E-state index in [4.69, 9.17) is 21.1 Å². The van der Waals surface area contributed by atoms with E-state index in [0.717, 1.165) is 56.8 Å². The van der Waals surface area contributed by atoms with Crippen molar-refractivity contribution < 1.29 is 9.47 Å². The molecule has 2 aliphatic heterocycles. The maximum atomic E-state index is 5.91. The van der Waals surface area contributed by atoms with Gasteiger partial charge in [-0.25, -0.2) is 0 Å². The maximum Gasteiger partial charge on any atom is 0.191 e. The van der Waals surface area contributed by atoms with Crippen LogP contribution in [0.4, 0.5) is 0 Å². The zero-order chi connectivity index (χ0) is 19.8. The molecule has 2 saturated heterocycles. The Morgan fingerprint density at radius 2 is 2.04 bits per heavy atom. The smallest absolute Gasteiger partial charge is 0.191 e. The van der Waals surface area contributed by atoms with Crippen LogP contribution in [-0.4, -0.2) is 69.4 Å². The Morgan fingerprint density at radius 1 is 1.29 bits per heavy atom. The summed E-state index contributed by atoms with van der Waals surface area (Å²) in [5.41, 5.74) is 0. The van der Waals surface area contributed by atoms with Crippen molar-refractivity contribution in [2.75, 3.05) is 46.4 Å². The minimum atomic E-state index is 0.0233. The van der Waals surface area contributed by atoms with E-state index in [-0.39, 0.29) is 6.10 Å². The number of nitrogens with zero attached hydrogens (tertiary/aromatic N) is 2. The molecule has 0 aromatic heterocycles. The number of ether oxygens (including phenoxy) is 2. The standard InChI is InChI=1S/C21H33ClN4O2/c1-16(28-20-5-3-18(22)4-6-20)13-24-21(23-2)25-19-7-10-26(11-8-19)14-17-9-12-27-15-17/h3-6,16-17,19H,7-15H2,1-2H3,(H2,23,24,25). The van der Waals surface area contributed by atoms with Crippen molar-refractivity contribution >= 4 is 17.6 Å². The molecule has 2 fully saturated rings. The molecule has 2 N–H and O–H groups in total. The highest BCUT2D eigenvalue weighted by Gasteiger charge is 2.24. The van der Waals surface area contributed by atoms with Gasteiger partial charge in [-0.1, -0.05) is 11.6 Å². The number of guanidine groups is 1. The molecule has 6 nitrogen and oxygen atoms in total. The number of nitrogens with one attached hydrogen (secondary N) is 2. The number of hydrogen-bond donors (Lipinski definition) is 2. The van der Waals surface area contributed by atoms with Gasteiger partial charge in [-0.15, -0.1) is 0 Å². The molecule has 2 aliphatic rings. The third kappa shape index (κ3) is 6.83. The van der Waals surface area contributed by atoms with Gasteiger partial charge in [0, 0.05) is 44.4 Å². The molecule has 7 heteroatoms. The molecule has 0 aliphatic carbocycles. The van der Waals surface area contributed by atoms with Crippen LogP contribution in [0.2, 0.25) is 5.02 Å². The third-order valence-electron chi connectivity index (χ3n) is 5.40. The minimum absolute atomic E-state index is 0.0233. The van der Waals surface area contributed by atoms with Gasteiger partial charge in [0.15, 0.2) is 5.96 Å². The summed E-state index contributed by atoms with van der Waals surface area (Å²) in [4.78, 5) is 6.95. The largest absolute Gasteiger partial charge is 0.489 e. The predicted molar refractivity (Wildman–Crippen MR) is 114 cm³/mol. The van der Waals surface area contributed by atoms with Crippen LogP contribution in [0.15, 0.2) is 29.3 Å². The molecule has 1 aromatic carbocycles. The quantitative estimate of drug-likeness (QED) is 0.536. The van der Waals surface area contributed by atoms with Gasteiger partial charge in [0.05, 0.1) is 13.2 Å². The summed E-state index contributed by atoms with van der Waals surface area (Å²) in [5, 5.41) is 7.65. The topological polar surface area (TPSA) is 58.1 Å². The van der Waals surface area contributed by atoms with Crippen molar-refractivity contribution in [1.82, 2.24) is 15.5 Å². The van der Waals surface area contributed by atoms with Gasteiger partial charge >= 0.3 is 0 Å². The van der Waals surface area contributed by atoms with Gasteiger partial charge in [0.1, 0.15) is 11.9 Å². The number of rotatable bonds is 7. The Morgan fingerprint density at radius 3 is 2.68 bits per heavy atom. The summed E-state index contributed by atoms with van der Waals surface area (Å²) in [6, 6.07) is 7.91. The van der Waals surface area contributed by atoms with Crippen LogP contribution in [-0.2, 0) is 4.74 Å². The molecule has 0 amide bonds. The third-order valence-corrected chi connectivity index (χ3v) is 5.65. The fraction of sp³-hybridized carbons (Fsp3) is 0.667. The highest BCUT2D eigenvalue weighted by molar-refractivity contribution is 6.30. The lowest BCUT2D eigenvalue weighted by Crippen LogP contribution is -2.50. The molecule has 0 saturated carbocycles. The normalized spacial score (nSPS) is 22.8. The minimum Gasteiger partial charge on any atom is -0.489 e. The molecule has 28 heavy (non-hydrogen) atoms. The van der Waals surface area contributed by atoms with Crippen LogP contribution in [0.1, 0.15) is 26.2 Å². The SMILES string of the molecule is CN=C(NCC(C)Oc1ccc(Cl)cc1)NC1CCN(CC2CCOC2)CC1. The molecule has 2 atom stereocenters. The maximum absolute atomic E-state index is 5.91. The molecule has 2 heterocycles. The lowest BCUT2D eigenvalue weighted by Gasteiger charge is -2.34. The Hall–Kier alpha value is -1.50. The molecule has 0 bridgehead atoms. The van der Waals surface area contributed by atoms with Crippen LogP contribution in [0.25, 0.3) is 0 Å². The fourth-order valence-electron chi connectivity index (χ4n) is 3.77. The van der Waals surface area contributed by atoms with Crippen LogP contribution < -0.4 is 15.4 Å². The summed E-state index contributed by atoms with van der Waals surface area (Å²) >= 11 is 5.91. The number of piperidine rings is 1. The summed E-state index contributed by atoms with van der Waals surface area (Å²) in [6.45, 7) is 8.06. The molecule has 2 unspecified atom stereocenters. The van der Waals surface area contributed by atoms with Gasteiger partial charge < -0.3 is 25.0 Å². The van der Waals surface area contributed by atoms with Gasteiger partial charge in [-0.3, -0.25) is 4.99 Å². The number of hydrogen-bond acceptors (Lipinski definition) is 4. The molecule has 156 valence electrons. The lowest BCUT2D eigenvalue weighted by atomic mass is 10.0. The number of aliphatic imine (C=N–C) groups is 1. The number of halogens is 1. The van der Waals surface area contributed by atoms with Crippen molar-refractivity contribution in [3.8, 4) is 5.75 Å². The first-order valence-electron chi connectivity index (χ1n) is 10.3. The zero-order valence-electron chi connectivity index (χ0n) is 17.0. The van der Waals surface area contributed by atoms with Crippen LogP contribution in [0, 0.1) is 5.92 Å². The van der Waals surface area contributed by atoms with E-state index < -0.39 is 0 Å². The van der Waals surface area contributed by atoms with Crippen molar-refractivity contribution in [2.45, 2.75) is 38.3 Å². The Labute approximate surface area is 173 Å². The first kappa shape index (κ1) is 21.2. The summed E-state index contributed by atoms with van der Waals surface area (Å²) in [6.07, 6.45) is 3.52. The second-order valence-electron chi connectivity index (χ2n) is 7.78. The van der Waals surface area contributed by atoms with E-state index in [1.165, 1.54) is 13.0 Å². The van der Waals surface area contributed by atoms with Crippen LogP contribution >= 0.6 is 11.6 Å². The van der Waals surface area contributed by atoms with E-state index in [1.807, 2.05) is 38.2 Å². The molecular formula is C21H33ClN4O2. The molecule has 0 radical (unpaired) electrons. The Kier molecular flexibility index (Phi) is 8.25. The first-order valence-corrected chi connectivity index (χ1v) is 10.7. The van der Waals surface area contributed by atoms with Crippen molar-refractivity contribution in [1.29, 1.82) is 0 Å². The van der Waals surface area contributed by atoms with Gasteiger partial charge in [0.2, 0.25) is 0 Å². The van der Waals surface area contributed by atoms with Crippen molar-refractivity contribution in [3.63, 3.8) is 0 Å². The van der Waals surface area contributed by atoms with E-state index in [9.17, 15) is 0 Å². The average molecular weight is 409 g/mol. The highest BCUT2D eigenvalue weighted by atomic mass is 35.5. The predicted octanol–water partition coefficient (Wildman–Crippen LogP) is 2.77. The second kappa shape index (κ2) is 10.9. The Balaban J connectivity index is 1.34. The van der Waals surface area contributed by atoms with Gasteiger partial charge in [-0.2, -0.15) is 0 Å². The van der Waals surface area contributed by atoms with E-state index in [1.54, 1.807) is 0 Å². The molecular weight excluding hydrogens is 376 g/mol. The van der Waals surface area contributed by atoms with Crippen LogP contribution in [0.5, 0.6) is 5.75 Å². The first-order chi connectivity index (χ1) is 13.6. The lowest BCUT2D eigenvalue weighted by molar-refractivity contribution is 0.150. The van der Waals surface area contributed by atoms with E-state index in [2.05, 4.69) is 20.5 Å². The fourth-order valence-corrected chi connectivity index (χ4v) is 3.89. The van der Waals surface area contributed by atoms with E-state index >= 15 is 0 Å². The van der Waals surface area contributed by atoms with E-state index in [0.29, 0.717) is 17.6 Å². The number of likely N-dealkylation sites (tertiary alicyclic amines) is 1. The Bertz CT molecular complexity index is 611. The van der Waals surface area contributed by atoms with Crippen molar-refractivity contribution in [2.24, 2.45) is 10.9 Å². The van der Waals surface area contributed by atoms with Gasteiger partial charge in [0.25, 0.3) is 0 Å².